The van der Waals surface area contributed by atoms with E-state index in [4.69, 9.17) is 10.5 Å². The van der Waals surface area contributed by atoms with Gasteiger partial charge in [-0.2, -0.15) is 0 Å². The summed E-state index contributed by atoms with van der Waals surface area (Å²) < 4.78 is 6.16. The molecule has 1 aromatic carbocycles. The molecule has 0 aliphatic rings. The number of halogens is 1. The van der Waals surface area contributed by atoms with Crippen LogP contribution in [0.4, 0.5) is 0 Å². The van der Waals surface area contributed by atoms with Crippen molar-refractivity contribution in [3.8, 4) is 0 Å². The third-order valence-electron chi connectivity index (χ3n) is 2.94. The van der Waals surface area contributed by atoms with Crippen molar-refractivity contribution in [1.82, 2.24) is 0 Å². The number of benzene rings is 1. The monoisotopic (exact) mass is 327 g/mol. The van der Waals surface area contributed by atoms with Crippen molar-refractivity contribution < 1.29 is 9.53 Å². The van der Waals surface area contributed by atoms with E-state index in [1.165, 1.54) is 12.8 Å². The molecule has 0 aliphatic heterocycles. The van der Waals surface area contributed by atoms with Crippen LogP contribution >= 0.6 is 15.9 Å². The van der Waals surface area contributed by atoms with E-state index in [0.29, 0.717) is 13.0 Å². The summed E-state index contributed by atoms with van der Waals surface area (Å²) in [5.74, 6) is -0.313. The third-order valence-corrected chi connectivity index (χ3v) is 3.72. The van der Waals surface area contributed by atoms with Gasteiger partial charge >= 0.3 is 5.97 Å². The predicted molar refractivity (Wildman–Crippen MR) is 80.9 cm³/mol. The molecule has 0 heterocycles. The number of nitrogens with two attached hydrogens (primary N) is 1. The van der Waals surface area contributed by atoms with Gasteiger partial charge in [0.2, 0.25) is 0 Å². The van der Waals surface area contributed by atoms with Gasteiger partial charge in [-0.3, -0.25) is 4.79 Å². The van der Waals surface area contributed by atoms with Crippen molar-refractivity contribution in [2.45, 2.75) is 45.1 Å². The van der Waals surface area contributed by atoms with Gasteiger partial charge in [0.25, 0.3) is 0 Å². The van der Waals surface area contributed by atoms with Gasteiger partial charge in [-0.1, -0.05) is 60.3 Å². The molecule has 1 aromatic rings. The molecule has 2 N–H and O–H groups in total. The number of rotatable bonds is 8. The van der Waals surface area contributed by atoms with Crippen LogP contribution in [0.5, 0.6) is 0 Å². The summed E-state index contributed by atoms with van der Waals surface area (Å²) in [6, 6.07) is 7.18. The molecule has 4 heteroatoms. The van der Waals surface area contributed by atoms with E-state index in [1.807, 2.05) is 24.3 Å². The number of hydrogen-bond acceptors (Lipinski definition) is 3. The molecule has 0 fully saturated rings. The summed E-state index contributed by atoms with van der Waals surface area (Å²) in [6.45, 7) is 2.63. The molecule has 0 amide bonds. The maximum Gasteiger partial charge on any atom is 0.323 e. The average Bonchev–Trinajstić information content (AvgIpc) is 2.41. The molecule has 0 saturated carbocycles. The summed E-state index contributed by atoms with van der Waals surface area (Å²) in [6.07, 6.45) is 4.87. The number of hydrogen-bond donors (Lipinski definition) is 1. The zero-order valence-corrected chi connectivity index (χ0v) is 13.0. The lowest BCUT2D eigenvalue weighted by atomic mass is 10.1. The van der Waals surface area contributed by atoms with Gasteiger partial charge in [-0.15, -0.1) is 0 Å². The van der Waals surface area contributed by atoms with Gasteiger partial charge in [-0.05, 0) is 24.5 Å². The van der Waals surface area contributed by atoms with Crippen LogP contribution in [0.15, 0.2) is 28.7 Å². The average molecular weight is 328 g/mol. The molecule has 0 saturated heterocycles. The second-order valence-corrected chi connectivity index (χ2v) is 5.48. The van der Waals surface area contributed by atoms with Gasteiger partial charge < -0.3 is 10.5 Å². The molecule has 0 spiro atoms. The zero-order valence-electron chi connectivity index (χ0n) is 11.4. The Morgan fingerprint density at radius 3 is 2.74 bits per heavy atom. The fraction of sp³-hybridized carbons (Fsp3) is 0.533. The highest BCUT2D eigenvalue weighted by molar-refractivity contribution is 9.10. The van der Waals surface area contributed by atoms with Crippen LogP contribution in [0.1, 0.15) is 38.2 Å². The van der Waals surface area contributed by atoms with Gasteiger partial charge in [0, 0.05) is 4.47 Å². The Hall–Kier alpha value is -0.870. The normalized spacial score (nSPS) is 12.2. The van der Waals surface area contributed by atoms with Crippen LogP contribution in [0.3, 0.4) is 0 Å². The largest absolute Gasteiger partial charge is 0.465 e. The fourth-order valence-corrected chi connectivity index (χ4v) is 2.24. The lowest BCUT2D eigenvalue weighted by molar-refractivity contribution is -0.145. The molecule has 1 rings (SSSR count). The van der Waals surface area contributed by atoms with E-state index < -0.39 is 6.04 Å². The Kier molecular flexibility index (Phi) is 7.75. The van der Waals surface area contributed by atoms with Crippen molar-refractivity contribution in [3.05, 3.63) is 34.3 Å². The van der Waals surface area contributed by atoms with Crippen LogP contribution < -0.4 is 5.73 Å². The summed E-state index contributed by atoms with van der Waals surface area (Å²) in [4.78, 5) is 11.7. The smallest absolute Gasteiger partial charge is 0.323 e. The van der Waals surface area contributed by atoms with Gasteiger partial charge in [0.05, 0.1) is 6.61 Å². The number of esters is 1. The Labute approximate surface area is 123 Å². The van der Waals surface area contributed by atoms with Crippen LogP contribution in [0.25, 0.3) is 0 Å². The first-order valence-electron chi connectivity index (χ1n) is 6.80. The van der Waals surface area contributed by atoms with Crippen molar-refractivity contribution in [3.63, 3.8) is 0 Å². The number of carbonyl (C=O) groups is 1. The van der Waals surface area contributed by atoms with Crippen LogP contribution in [0, 0.1) is 0 Å². The Morgan fingerprint density at radius 1 is 1.32 bits per heavy atom. The SMILES string of the molecule is CCCCCCOC(=O)[C@@H](N)Cc1ccccc1Br. The Morgan fingerprint density at radius 2 is 2.05 bits per heavy atom. The van der Waals surface area contributed by atoms with Gasteiger partial charge in [0.1, 0.15) is 6.04 Å². The van der Waals surface area contributed by atoms with E-state index in [-0.39, 0.29) is 5.97 Å². The quantitative estimate of drug-likeness (QED) is 0.587. The van der Waals surface area contributed by atoms with Gasteiger partial charge in [0.15, 0.2) is 0 Å². The molecular formula is C15H22BrNO2. The topological polar surface area (TPSA) is 52.3 Å². The maximum absolute atomic E-state index is 11.7. The zero-order chi connectivity index (χ0) is 14.1. The first kappa shape index (κ1) is 16.2. The third kappa shape index (κ3) is 6.21. The highest BCUT2D eigenvalue weighted by Crippen LogP contribution is 2.17. The number of unbranched alkanes of at least 4 members (excludes halogenated alkanes) is 3. The second-order valence-electron chi connectivity index (χ2n) is 4.63. The lowest BCUT2D eigenvalue weighted by Crippen LogP contribution is -2.34. The maximum atomic E-state index is 11.7. The van der Waals surface area contributed by atoms with E-state index in [1.54, 1.807) is 0 Å². The van der Waals surface area contributed by atoms with Crippen molar-refractivity contribution in [2.75, 3.05) is 6.61 Å². The van der Waals surface area contributed by atoms with E-state index in [2.05, 4.69) is 22.9 Å². The molecule has 1 atom stereocenters. The van der Waals surface area contributed by atoms with Crippen LogP contribution in [0.2, 0.25) is 0 Å². The standard InChI is InChI=1S/C15H22BrNO2/c1-2-3-4-7-10-19-15(18)14(17)11-12-8-5-6-9-13(12)16/h5-6,8-9,14H,2-4,7,10-11,17H2,1H3/t14-/m0/s1. The van der Waals surface area contributed by atoms with Gasteiger partial charge in [-0.25, -0.2) is 0 Å². The predicted octanol–water partition coefficient (Wildman–Crippen LogP) is 3.44. The molecule has 19 heavy (non-hydrogen) atoms. The molecule has 0 bridgehead atoms. The molecule has 0 unspecified atom stereocenters. The summed E-state index contributed by atoms with van der Waals surface area (Å²) in [5.41, 5.74) is 6.89. The Bertz CT molecular complexity index is 395. The first-order valence-corrected chi connectivity index (χ1v) is 7.60. The second kappa shape index (κ2) is 9.10. The minimum absolute atomic E-state index is 0.313. The summed E-state index contributed by atoms with van der Waals surface area (Å²) >= 11 is 3.45. The van der Waals surface area contributed by atoms with E-state index in [0.717, 1.165) is 22.9 Å². The van der Waals surface area contributed by atoms with E-state index in [9.17, 15) is 4.79 Å². The molecule has 0 radical (unpaired) electrons. The summed E-state index contributed by atoms with van der Waals surface area (Å²) in [5, 5.41) is 0. The molecule has 0 aliphatic carbocycles. The van der Waals surface area contributed by atoms with Crippen molar-refractivity contribution >= 4 is 21.9 Å². The molecular weight excluding hydrogens is 306 g/mol. The first-order chi connectivity index (χ1) is 9.15. The number of carbonyl (C=O) groups excluding carboxylic acids is 1. The minimum atomic E-state index is -0.593. The van der Waals surface area contributed by atoms with Crippen molar-refractivity contribution in [1.29, 1.82) is 0 Å². The molecule has 0 aromatic heterocycles. The van der Waals surface area contributed by atoms with E-state index >= 15 is 0 Å². The highest BCUT2D eigenvalue weighted by atomic mass is 79.9. The van der Waals surface area contributed by atoms with Crippen LogP contribution in [-0.4, -0.2) is 18.6 Å². The Balaban J connectivity index is 2.31. The highest BCUT2D eigenvalue weighted by Gasteiger charge is 2.16. The number of ether oxygens (including phenoxy) is 1. The lowest BCUT2D eigenvalue weighted by Gasteiger charge is -2.12. The molecule has 106 valence electrons. The fourth-order valence-electron chi connectivity index (χ4n) is 1.79. The minimum Gasteiger partial charge on any atom is -0.465 e. The van der Waals surface area contributed by atoms with Crippen LogP contribution in [-0.2, 0) is 16.0 Å². The molecule has 3 nitrogen and oxygen atoms in total. The summed E-state index contributed by atoms with van der Waals surface area (Å²) in [7, 11) is 0. The van der Waals surface area contributed by atoms with Crippen molar-refractivity contribution in [2.24, 2.45) is 5.73 Å².